The molecule has 1 amide bonds. The number of aromatic nitrogens is 2. The Morgan fingerprint density at radius 3 is 2.57 bits per heavy atom. The van der Waals surface area contributed by atoms with Crippen molar-refractivity contribution in [2.75, 3.05) is 5.32 Å². The number of benzene rings is 1. The first-order valence-corrected chi connectivity index (χ1v) is 7.64. The number of carbonyl (C=O) groups is 2. The van der Waals surface area contributed by atoms with Crippen molar-refractivity contribution < 1.29 is 29.0 Å². The third kappa shape index (κ3) is 4.01. The Balaban J connectivity index is 2.06. The minimum absolute atomic E-state index is 0.136. The van der Waals surface area contributed by atoms with E-state index in [9.17, 15) is 14.7 Å². The molecule has 0 bridgehead atoms. The zero-order valence-corrected chi connectivity index (χ0v) is 13.3. The Kier molecular flexibility index (Phi) is 5.22. The molecule has 0 radical (unpaired) electrons. The molecule has 0 aliphatic heterocycles. The number of carboxylic acid groups (broad SMARTS) is 1. The van der Waals surface area contributed by atoms with Crippen LogP contribution in [0.4, 0.5) is 5.69 Å². The molecule has 0 saturated carbocycles. The van der Waals surface area contributed by atoms with Crippen LogP contribution in [0, 0.1) is 0 Å². The summed E-state index contributed by atoms with van der Waals surface area (Å²) in [6.07, 6.45) is 0.494. The third-order valence-corrected chi connectivity index (χ3v) is 4.52. The van der Waals surface area contributed by atoms with Gasteiger partial charge in [0.15, 0.2) is 13.0 Å². The van der Waals surface area contributed by atoms with Gasteiger partial charge in [-0.25, -0.2) is 4.79 Å². The fraction of sp³-hybridized carbons (Fsp3) is 0.286. The van der Waals surface area contributed by atoms with Crippen LogP contribution < -0.4 is 15.1 Å². The lowest BCUT2D eigenvalue weighted by Gasteiger charge is -2.13. The molecule has 0 aliphatic rings. The van der Waals surface area contributed by atoms with Gasteiger partial charge in [-0.15, -0.1) is 0 Å². The van der Waals surface area contributed by atoms with Crippen LogP contribution in [0.2, 0.25) is 0 Å². The van der Waals surface area contributed by atoms with E-state index in [-0.39, 0.29) is 16.5 Å². The SMILES string of the molecule is CCC(Sc1c([O-])on[n+]1C)C(=O)Nc1ccc(C(=O)O)cc1. The molecule has 0 fully saturated rings. The normalized spacial score (nSPS) is 11.9. The van der Waals surface area contributed by atoms with Crippen LogP contribution >= 0.6 is 11.8 Å². The van der Waals surface area contributed by atoms with Crippen molar-refractivity contribution in [3.05, 3.63) is 29.8 Å². The summed E-state index contributed by atoms with van der Waals surface area (Å²) in [7, 11) is 1.56. The molecule has 8 nitrogen and oxygen atoms in total. The van der Waals surface area contributed by atoms with Crippen molar-refractivity contribution in [1.29, 1.82) is 0 Å². The Morgan fingerprint density at radius 1 is 1.43 bits per heavy atom. The highest BCUT2D eigenvalue weighted by Gasteiger charge is 2.25. The Hall–Kier alpha value is -2.55. The number of aryl methyl sites for hydroxylation is 1. The van der Waals surface area contributed by atoms with Gasteiger partial charge in [0.25, 0.3) is 5.03 Å². The summed E-state index contributed by atoms with van der Waals surface area (Å²) in [5, 5.41) is 26.3. The molecular weight excluding hydrogens is 322 g/mol. The average Bonchev–Trinajstić information content (AvgIpc) is 2.84. The van der Waals surface area contributed by atoms with Crippen LogP contribution in [-0.4, -0.2) is 27.5 Å². The molecule has 122 valence electrons. The molecular formula is C14H15N3O5S. The quantitative estimate of drug-likeness (QED) is 0.590. The van der Waals surface area contributed by atoms with Crippen molar-refractivity contribution in [2.45, 2.75) is 23.6 Å². The van der Waals surface area contributed by atoms with Crippen LogP contribution in [0.3, 0.4) is 0 Å². The van der Waals surface area contributed by atoms with Crippen molar-refractivity contribution in [3.8, 4) is 5.95 Å². The van der Waals surface area contributed by atoms with Gasteiger partial charge in [0.05, 0.1) is 16.1 Å². The van der Waals surface area contributed by atoms with E-state index in [0.29, 0.717) is 12.1 Å². The number of aromatic carboxylic acids is 1. The van der Waals surface area contributed by atoms with E-state index < -0.39 is 17.2 Å². The zero-order valence-electron chi connectivity index (χ0n) is 12.5. The Morgan fingerprint density at radius 2 is 2.09 bits per heavy atom. The van der Waals surface area contributed by atoms with Crippen molar-refractivity contribution in [1.82, 2.24) is 5.27 Å². The topological polar surface area (TPSA) is 119 Å². The summed E-state index contributed by atoms with van der Waals surface area (Å²) in [6.45, 7) is 1.82. The monoisotopic (exact) mass is 337 g/mol. The average molecular weight is 337 g/mol. The first-order valence-electron chi connectivity index (χ1n) is 6.76. The Bertz CT molecular complexity index is 694. The lowest BCUT2D eigenvalue weighted by Crippen LogP contribution is -2.34. The zero-order chi connectivity index (χ0) is 17.0. The maximum atomic E-state index is 12.3. The molecule has 2 rings (SSSR count). The van der Waals surface area contributed by atoms with Gasteiger partial charge in [-0.3, -0.25) is 4.79 Å². The van der Waals surface area contributed by atoms with Crippen LogP contribution in [0.25, 0.3) is 0 Å². The highest BCUT2D eigenvalue weighted by atomic mass is 32.2. The smallest absolute Gasteiger partial charge is 0.335 e. The summed E-state index contributed by atoms with van der Waals surface area (Å²) in [6, 6.07) is 5.83. The first kappa shape index (κ1) is 16.8. The second-order valence-electron chi connectivity index (χ2n) is 4.68. The van der Waals surface area contributed by atoms with Gasteiger partial charge in [-0.1, -0.05) is 11.6 Å². The maximum Gasteiger partial charge on any atom is 0.335 e. The van der Waals surface area contributed by atoms with Gasteiger partial charge in [0.1, 0.15) is 0 Å². The van der Waals surface area contributed by atoms with Crippen LogP contribution in [0.15, 0.2) is 33.8 Å². The molecule has 23 heavy (non-hydrogen) atoms. The molecule has 0 saturated heterocycles. The molecule has 1 heterocycles. The van der Waals surface area contributed by atoms with E-state index in [2.05, 4.69) is 15.1 Å². The number of thioether (sulfide) groups is 1. The largest absolute Gasteiger partial charge is 0.538 e. The number of hydrogen-bond donors (Lipinski definition) is 2. The van der Waals surface area contributed by atoms with Crippen molar-refractivity contribution >= 4 is 29.3 Å². The molecule has 2 aromatic rings. The number of hydrogen-bond acceptors (Lipinski definition) is 6. The molecule has 1 aromatic carbocycles. The number of carboxylic acids is 1. The van der Waals surface area contributed by atoms with E-state index in [0.717, 1.165) is 11.8 Å². The lowest BCUT2D eigenvalue weighted by molar-refractivity contribution is -0.772. The van der Waals surface area contributed by atoms with Gasteiger partial charge < -0.3 is 20.1 Å². The van der Waals surface area contributed by atoms with E-state index >= 15 is 0 Å². The van der Waals surface area contributed by atoms with E-state index in [1.54, 1.807) is 7.05 Å². The second kappa shape index (κ2) is 7.14. The number of anilines is 1. The van der Waals surface area contributed by atoms with Gasteiger partial charge in [0.2, 0.25) is 5.91 Å². The van der Waals surface area contributed by atoms with Gasteiger partial charge in [-0.2, -0.15) is 0 Å². The minimum atomic E-state index is -1.03. The fourth-order valence-corrected chi connectivity index (χ4v) is 2.73. The predicted octanol–water partition coefficient (Wildman–Crippen LogP) is 0.780. The number of amides is 1. The highest BCUT2D eigenvalue weighted by molar-refractivity contribution is 8.00. The molecule has 1 aromatic heterocycles. The standard InChI is InChI=1S/C14H15N3O5S/c1-3-10(23-12-14(21)22-16-17(12)2)11(18)15-9-6-4-8(5-7-9)13(19)20/h4-7,10H,3H2,1-2H3,(H2-,15,16,18,19,20,21). The summed E-state index contributed by atoms with van der Waals surface area (Å²) in [5.41, 5.74) is 0.619. The molecule has 0 aliphatic carbocycles. The third-order valence-electron chi connectivity index (χ3n) is 3.03. The number of rotatable bonds is 6. The van der Waals surface area contributed by atoms with Crippen LogP contribution in [0.1, 0.15) is 23.7 Å². The highest BCUT2D eigenvalue weighted by Crippen LogP contribution is 2.28. The summed E-state index contributed by atoms with van der Waals surface area (Å²) in [5.74, 6) is -1.91. The van der Waals surface area contributed by atoms with E-state index in [1.807, 2.05) is 6.92 Å². The summed E-state index contributed by atoms with van der Waals surface area (Å²) in [4.78, 5) is 23.1. The molecule has 2 N–H and O–H groups in total. The molecule has 0 spiro atoms. The van der Waals surface area contributed by atoms with Gasteiger partial charge >= 0.3 is 5.97 Å². The number of nitrogens with zero attached hydrogens (tertiary/aromatic N) is 2. The van der Waals surface area contributed by atoms with Gasteiger partial charge in [0, 0.05) is 5.69 Å². The second-order valence-corrected chi connectivity index (χ2v) is 5.87. The molecule has 9 heteroatoms. The predicted molar refractivity (Wildman–Crippen MR) is 79.1 cm³/mol. The summed E-state index contributed by atoms with van der Waals surface area (Å²) < 4.78 is 5.81. The van der Waals surface area contributed by atoms with Crippen molar-refractivity contribution in [3.63, 3.8) is 0 Å². The Labute approximate surface area is 136 Å². The maximum absolute atomic E-state index is 12.3. The first-order chi connectivity index (χ1) is 10.9. The summed E-state index contributed by atoms with van der Waals surface area (Å²) >= 11 is 1.07. The van der Waals surface area contributed by atoms with E-state index in [4.69, 9.17) is 5.11 Å². The molecule has 1 atom stereocenters. The number of carbonyl (C=O) groups excluding carboxylic acids is 1. The van der Waals surface area contributed by atoms with Crippen LogP contribution in [-0.2, 0) is 11.8 Å². The molecule has 1 unspecified atom stereocenters. The lowest BCUT2D eigenvalue weighted by atomic mass is 10.2. The van der Waals surface area contributed by atoms with E-state index in [1.165, 1.54) is 28.9 Å². The van der Waals surface area contributed by atoms with Gasteiger partial charge in [-0.05, 0) is 42.4 Å². The fourth-order valence-electron chi connectivity index (χ4n) is 1.81. The minimum Gasteiger partial charge on any atom is -0.538 e. The number of nitrogens with one attached hydrogen (secondary N) is 1. The van der Waals surface area contributed by atoms with Crippen LogP contribution in [0.5, 0.6) is 5.95 Å². The van der Waals surface area contributed by atoms with Crippen molar-refractivity contribution in [2.24, 2.45) is 7.05 Å².